The third kappa shape index (κ3) is 7.38. The maximum atomic E-state index is 11.5. The third-order valence-corrected chi connectivity index (χ3v) is 3.28. The minimum Gasteiger partial charge on any atom is -0.444 e. The highest BCUT2D eigenvalue weighted by Gasteiger charge is 2.18. The lowest BCUT2D eigenvalue weighted by Crippen LogP contribution is -2.40. The molecule has 0 bridgehead atoms. The summed E-state index contributed by atoms with van der Waals surface area (Å²) < 4.78 is 5.21. The van der Waals surface area contributed by atoms with Gasteiger partial charge in [0.05, 0.1) is 0 Å². The highest BCUT2D eigenvalue weighted by atomic mass is 16.6. The van der Waals surface area contributed by atoms with E-state index in [4.69, 9.17) is 10.5 Å². The van der Waals surface area contributed by atoms with Crippen molar-refractivity contribution in [2.75, 3.05) is 32.7 Å². The van der Waals surface area contributed by atoms with Gasteiger partial charge in [0.2, 0.25) is 0 Å². The largest absolute Gasteiger partial charge is 0.444 e. The van der Waals surface area contributed by atoms with Crippen molar-refractivity contribution in [3.8, 4) is 0 Å². The Morgan fingerprint density at radius 1 is 1.42 bits per heavy atom. The first-order chi connectivity index (χ1) is 8.90. The molecule has 1 rings (SSSR count). The number of nitrogens with two attached hydrogens (primary N) is 1. The number of amides is 1. The van der Waals surface area contributed by atoms with Crippen molar-refractivity contribution >= 4 is 6.09 Å². The first-order valence-corrected chi connectivity index (χ1v) is 7.30. The molecule has 112 valence electrons. The van der Waals surface area contributed by atoms with E-state index < -0.39 is 5.60 Å². The van der Waals surface area contributed by atoms with E-state index in [0.717, 1.165) is 26.2 Å². The van der Waals surface area contributed by atoms with Crippen LogP contribution in [0.2, 0.25) is 0 Å². The number of nitrogens with one attached hydrogen (secondary N) is 1. The van der Waals surface area contributed by atoms with Crippen LogP contribution < -0.4 is 11.1 Å². The molecule has 5 heteroatoms. The van der Waals surface area contributed by atoms with Gasteiger partial charge in [0.25, 0.3) is 0 Å². The third-order valence-electron chi connectivity index (χ3n) is 3.28. The fourth-order valence-electron chi connectivity index (χ4n) is 2.34. The summed E-state index contributed by atoms with van der Waals surface area (Å²) in [6.07, 6.45) is 3.38. The van der Waals surface area contributed by atoms with Gasteiger partial charge in [-0.1, -0.05) is 6.42 Å². The Bertz CT molecular complexity index is 276. The maximum Gasteiger partial charge on any atom is 0.407 e. The second kappa shape index (κ2) is 7.70. The number of alkyl carbamates (subject to hydrolysis) is 1. The predicted molar refractivity (Wildman–Crippen MR) is 77.1 cm³/mol. The summed E-state index contributed by atoms with van der Waals surface area (Å²) in [5.41, 5.74) is 5.33. The average molecular weight is 271 g/mol. The SMILES string of the molecule is CC(C)(C)OC(=O)NCCN1CCCCC(CN)C1. The lowest BCUT2D eigenvalue weighted by atomic mass is 10.0. The fraction of sp³-hybridized carbons (Fsp3) is 0.929. The van der Waals surface area contributed by atoms with Crippen molar-refractivity contribution in [3.63, 3.8) is 0 Å². The van der Waals surface area contributed by atoms with Gasteiger partial charge in [-0.05, 0) is 52.6 Å². The summed E-state index contributed by atoms with van der Waals surface area (Å²) in [5, 5.41) is 2.81. The first-order valence-electron chi connectivity index (χ1n) is 7.30. The number of rotatable bonds is 4. The van der Waals surface area contributed by atoms with Crippen molar-refractivity contribution in [2.24, 2.45) is 11.7 Å². The van der Waals surface area contributed by atoms with E-state index in [1.54, 1.807) is 0 Å². The van der Waals surface area contributed by atoms with E-state index in [9.17, 15) is 4.79 Å². The van der Waals surface area contributed by atoms with Gasteiger partial charge in [0, 0.05) is 19.6 Å². The van der Waals surface area contributed by atoms with Crippen LogP contribution in [0.1, 0.15) is 40.0 Å². The molecular weight excluding hydrogens is 242 g/mol. The van der Waals surface area contributed by atoms with E-state index in [2.05, 4.69) is 10.2 Å². The van der Waals surface area contributed by atoms with E-state index in [1.807, 2.05) is 20.8 Å². The number of nitrogens with zero attached hydrogens (tertiary/aromatic N) is 1. The Hall–Kier alpha value is -0.810. The number of carbonyl (C=O) groups excluding carboxylic acids is 1. The van der Waals surface area contributed by atoms with Crippen LogP contribution in [0.15, 0.2) is 0 Å². The van der Waals surface area contributed by atoms with Crippen LogP contribution in [0.3, 0.4) is 0 Å². The fourth-order valence-corrected chi connectivity index (χ4v) is 2.34. The smallest absolute Gasteiger partial charge is 0.407 e. The van der Waals surface area contributed by atoms with Gasteiger partial charge in [0.1, 0.15) is 5.60 Å². The quantitative estimate of drug-likeness (QED) is 0.814. The number of carbonyl (C=O) groups is 1. The van der Waals surface area contributed by atoms with E-state index in [0.29, 0.717) is 12.5 Å². The van der Waals surface area contributed by atoms with Crippen molar-refractivity contribution < 1.29 is 9.53 Å². The summed E-state index contributed by atoms with van der Waals surface area (Å²) in [6.45, 7) is 10.0. The summed E-state index contributed by atoms with van der Waals surface area (Å²) in [5.74, 6) is 0.601. The van der Waals surface area contributed by atoms with Gasteiger partial charge >= 0.3 is 6.09 Å². The van der Waals surface area contributed by atoms with Crippen LogP contribution in [-0.2, 0) is 4.74 Å². The Morgan fingerprint density at radius 3 is 2.79 bits per heavy atom. The molecule has 1 aliphatic heterocycles. The molecule has 1 unspecified atom stereocenters. The van der Waals surface area contributed by atoms with Crippen LogP contribution in [0.5, 0.6) is 0 Å². The molecule has 3 N–H and O–H groups in total. The second-order valence-electron chi connectivity index (χ2n) is 6.33. The average Bonchev–Trinajstić information content (AvgIpc) is 2.51. The van der Waals surface area contributed by atoms with E-state index >= 15 is 0 Å². The topological polar surface area (TPSA) is 67.6 Å². The van der Waals surface area contributed by atoms with Gasteiger partial charge in [0.15, 0.2) is 0 Å². The molecule has 0 saturated carbocycles. The van der Waals surface area contributed by atoms with Crippen LogP contribution in [0.4, 0.5) is 4.79 Å². The molecule has 1 fully saturated rings. The lowest BCUT2D eigenvalue weighted by Gasteiger charge is -2.24. The molecule has 1 saturated heterocycles. The van der Waals surface area contributed by atoms with Gasteiger partial charge in [-0.15, -0.1) is 0 Å². The van der Waals surface area contributed by atoms with Crippen molar-refractivity contribution in [1.29, 1.82) is 0 Å². The molecule has 0 radical (unpaired) electrons. The van der Waals surface area contributed by atoms with Gasteiger partial charge < -0.3 is 20.7 Å². The first kappa shape index (κ1) is 16.2. The summed E-state index contributed by atoms with van der Waals surface area (Å²) in [7, 11) is 0. The molecular formula is C14H29N3O2. The molecule has 19 heavy (non-hydrogen) atoms. The highest BCUT2D eigenvalue weighted by Crippen LogP contribution is 2.14. The molecule has 0 spiro atoms. The Balaban J connectivity index is 2.22. The van der Waals surface area contributed by atoms with Gasteiger partial charge in [-0.25, -0.2) is 4.79 Å². The zero-order valence-electron chi connectivity index (χ0n) is 12.6. The molecule has 0 aromatic heterocycles. The molecule has 1 amide bonds. The zero-order valence-corrected chi connectivity index (χ0v) is 12.6. The molecule has 0 aromatic carbocycles. The lowest BCUT2D eigenvalue weighted by molar-refractivity contribution is 0.0521. The molecule has 5 nitrogen and oxygen atoms in total. The Kier molecular flexibility index (Phi) is 6.58. The maximum absolute atomic E-state index is 11.5. The summed E-state index contributed by atoms with van der Waals surface area (Å²) in [6, 6.07) is 0. The number of ether oxygens (including phenoxy) is 1. The van der Waals surface area contributed by atoms with Crippen LogP contribution >= 0.6 is 0 Å². The molecule has 0 aromatic rings. The zero-order chi connectivity index (χ0) is 14.3. The minimum atomic E-state index is -0.433. The van der Waals surface area contributed by atoms with E-state index in [1.165, 1.54) is 19.3 Å². The number of hydrogen-bond donors (Lipinski definition) is 2. The number of hydrogen-bond acceptors (Lipinski definition) is 4. The normalized spacial score (nSPS) is 21.8. The standard InChI is InChI=1S/C14H29N3O2/c1-14(2,3)19-13(18)16-7-9-17-8-5-4-6-12(10-15)11-17/h12H,4-11,15H2,1-3H3,(H,16,18). The summed E-state index contributed by atoms with van der Waals surface area (Å²) in [4.78, 5) is 13.9. The Labute approximate surface area is 116 Å². The van der Waals surface area contributed by atoms with Crippen LogP contribution in [-0.4, -0.2) is 49.3 Å². The van der Waals surface area contributed by atoms with Crippen molar-refractivity contribution in [2.45, 2.75) is 45.6 Å². The monoisotopic (exact) mass is 271 g/mol. The van der Waals surface area contributed by atoms with Crippen molar-refractivity contribution in [1.82, 2.24) is 10.2 Å². The van der Waals surface area contributed by atoms with Crippen LogP contribution in [0.25, 0.3) is 0 Å². The van der Waals surface area contributed by atoms with E-state index in [-0.39, 0.29) is 6.09 Å². The molecule has 1 atom stereocenters. The summed E-state index contributed by atoms with van der Waals surface area (Å²) >= 11 is 0. The second-order valence-corrected chi connectivity index (χ2v) is 6.33. The molecule has 0 aliphatic carbocycles. The molecule has 1 aliphatic rings. The molecule has 1 heterocycles. The van der Waals surface area contributed by atoms with Gasteiger partial charge in [-0.3, -0.25) is 0 Å². The Morgan fingerprint density at radius 2 is 2.16 bits per heavy atom. The van der Waals surface area contributed by atoms with Gasteiger partial charge in [-0.2, -0.15) is 0 Å². The van der Waals surface area contributed by atoms with Crippen LogP contribution in [0, 0.1) is 5.92 Å². The highest BCUT2D eigenvalue weighted by molar-refractivity contribution is 5.67. The number of likely N-dealkylation sites (tertiary alicyclic amines) is 1. The predicted octanol–water partition coefficient (Wildman–Crippen LogP) is 1.57. The van der Waals surface area contributed by atoms with Crippen molar-refractivity contribution in [3.05, 3.63) is 0 Å². The minimum absolute atomic E-state index is 0.335.